The summed E-state index contributed by atoms with van der Waals surface area (Å²) in [5, 5.41) is 3.46. The van der Waals surface area contributed by atoms with Crippen LogP contribution in [0, 0.1) is 11.6 Å². The molecule has 1 aromatic rings. The van der Waals surface area contributed by atoms with Crippen molar-refractivity contribution >= 4 is 0 Å². The molecule has 1 saturated heterocycles. The summed E-state index contributed by atoms with van der Waals surface area (Å²) in [6, 6.07) is 4.11. The van der Waals surface area contributed by atoms with E-state index in [-0.39, 0.29) is 5.79 Å². The molecule has 3 nitrogen and oxygen atoms in total. The van der Waals surface area contributed by atoms with E-state index in [1.165, 1.54) is 12.1 Å². The fraction of sp³-hybridized carbons (Fsp3) is 0.625. The Morgan fingerprint density at radius 3 is 2.29 bits per heavy atom. The van der Waals surface area contributed by atoms with Gasteiger partial charge in [0.25, 0.3) is 0 Å². The number of rotatable bonds is 4. The van der Waals surface area contributed by atoms with Crippen molar-refractivity contribution in [2.45, 2.75) is 43.9 Å². The zero-order valence-corrected chi connectivity index (χ0v) is 12.0. The first kappa shape index (κ1) is 14.9. The van der Waals surface area contributed by atoms with Crippen LogP contribution in [-0.4, -0.2) is 31.6 Å². The standard InChI is InChI=1S/C16H21F2NO2/c17-13-9-12(10-14(18)11-13)3-6-19-15-1-4-16(5-2-15)20-7-8-21-16/h9-11,15,19H,1-8H2. The molecule has 2 fully saturated rings. The van der Waals surface area contributed by atoms with Gasteiger partial charge in [-0.2, -0.15) is 0 Å². The first-order chi connectivity index (χ1) is 10.2. The van der Waals surface area contributed by atoms with Crippen LogP contribution in [0.3, 0.4) is 0 Å². The van der Waals surface area contributed by atoms with Crippen LogP contribution in [-0.2, 0) is 15.9 Å². The highest BCUT2D eigenvalue weighted by molar-refractivity contribution is 5.18. The Labute approximate surface area is 123 Å². The van der Waals surface area contributed by atoms with Gasteiger partial charge in [0.1, 0.15) is 11.6 Å². The van der Waals surface area contributed by atoms with E-state index in [9.17, 15) is 8.78 Å². The maximum atomic E-state index is 13.1. The van der Waals surface area contributed by atoms with Crippen molar-refractivity contribution in [1.82, 2.24) is 5.32 Å². The first-order valence-electron chi connectivity index (χ1n) is 7.61. The predicted octanol–water partition coefficient (Wildman–Crippen LogP) is 2.78. The highest BCUT2D eigenvalue weighted by Crippen LogP contribution is 2.35. The topological polar surface area (TPSA) is 30.5 Å². The molecule has 0 radical (unpaired) electrons. The van der Waals surface area contributed by atoms with Crippen LogP contribution in [0.2, 0.25) is 0 Å². The minimum absolute atomic E-state index is 0.329. The van der Waals surface area contributed by atoms with Gasteiger partial charge in [0.05, 0.1) is 13.2 Å². The molecule has 1 N–H and O–H groups in total. The lowest BCUT2D eigenvalue weighted by atomic mass is 9.90. The molecule has 2 aliphatic rings. The zero-order chi connectivity index (χ0) is 14.7. The van der Waals surface area contributed by atoms with Gasteiger partial charge in [-0.1, -0.05) is 0 Å². The fourth-order valence-corrected chi connectivity index (χ4v) is 3.22. The van der Waals surface area contributed by atoms with Gasteiger partial charge in [0.2, 0.25) is 0 Å². The Bertz CT molecular complexity index is 459. The lowest BCUT2D eigenvalue weighted by Crippen LogP contribution is -2.42. The molecule has 0 bridgehead atoms. The summed E-state index contributed by atoms with van der Waals surface area (Å²) in [6.45, 7) is 2.12. The molecular weight excluding hydrogens is 276 g/mol. The van der Waals surface area contributed by atoms with E-state index in [1.807, 2.05) is 0 Å². The van der Waals surface area contributed by atoms with Gasteiger partial charge < -0.3 is 14.8 Å². The predicted molar refractivity (Wildman–Crippen MR) is 75.0 cm³/mol. The number of nitrogens with one attached hydrogen (secondary N) is 1. The Balaban J connectivity index is 1.42. The molecule has 1 aliphatic heterocycles. The molecule has 0 amide bonds. The average Bonchev–Trinajstić information content (AvgIpc) is 2.89. The van der Waals surface area contributed by atoms with Crippen molar-refractivity contribution in [3.63, 3.8) is 0 Å². The highest BCUT2D eigenvalue weighted by atomic mass is 19.1. The molecular formula is C16H21F2NO2. The molecule has 1 saturated carbocycles. The normalized spacial score (nSPS) is 22.0. The minimum Gasteiger partial charge on any atom is -0.348 e. The Morgan fingerprint density at radius 1 is 1.05 bits per heavy atom. The molecule has 0 aromatic heterocycles. The summed E-state index contributed by atoms with van der Waals surface area (Å²) in [5.74, 6) is -1.36. The SMILES string of the molecule is Fc1cc(F)cc(CCNC2CCC3(CC2)OCCO3)c1. The summed E-state index contributed by atoms with van der Waals surface area (Å²) in [5.41, 5.74) is 0.690. The van der Waals surface area contributed by atoms with E-state index in [0.717, 1.165) is 38.3 Å². The van der Waals surface area contributed by atoms with Gasteiger partial charge in [0, 0.05) is 24.9 Å². The summed E-state index contributed by atoms with van der Waals surface area (Å²) in [7, 11) is 0. The average molecular weight is 297 g/mol. The Hall–Kier alpha value is -1.04. The molecule has 1 spiro atoms. The maximum Gasteiger partial charge on any atom is 0.168 e. The van der Waals surface area contributed by atoms with Crippen LogP contribution in [0.5, 0.6) is 0 Å². The van der Waals surface area contributed by atoms with Crippen molar-refractivity contribution in [2.75, 3.05) is 19.8 Å². The number of halogens is 2. The Morgan fingerprint density at radius 2 is 1.67 bits per heavy atom. The fourth-order valence-electron chi connectivity index (χ4n) is 3.22. The molecule has 1 aliphatic carbocycles. The lowest BCUT2D eigenvalue weighted by Gasteiger charge is -2.35. The zero-order valence-electron chi connectivity index (χ0n) is 12.0. The summed E-state index contributed by atoms with van der Waals surface area (Å²) < 4.78 is 37.6. The van der Waals surface area contributed by atoms with Gasteiger partial charge in [-0.25, -0.2) is 8.78 Å². The van der Waals surface area contributed by atoms with Crippen molar-refractivity contribution in [3.8, 4) is 0 Å². The van der Waals surface area contributed by atoms with Gasteiger partial charge in [-0.3, -0.25) is 0 Å². The maximum absolute atomic E-state index is 13.1. The largest absolute Gasteiger partial charge is 0.348 e. The molecule has 1 heterocycles. The summed E-state index contributed by atoms with van der Waals surface area (Å²) in [6.07, 6.45) is 4.48. The van der Waals surface area contributed by atoms with Gasteiger partial charge in [-0.05, 0) is 43.5 Å². The quantitative estimate of drug-likeness (QED) is 0.927. The van der Waals surface area contributed by atoms with Crippen LogP contribution in [0.1, 0.15) is 31.2 Å². The lowest BCUT2D eigenvalue weighted by molar-refractivity contribution is -0.179. The van der Waals surface area contributed by atoms with E-state index < -0.39 is 11.6 Å². The smallest absolute Gasteiger partial charge is 0.168 e. The monoisotopic (exact) mass is 297 g/mol. The van der Waals surface area contributed by atoms with Gasteiger partial charge >= 0.3 is 0 Å². The number of hydrogen-bond donors (Lipinski definition) is 1. The summed E-state index contributed by atoms with van der Waals surface area (Å²) >= 11 is 0. The third-order valence-electron chi connectivity index (χ3n) is 4.33. The van der Waals surface area contributed by atoms with Crippen molar-refractivity contribution < 1.29 is 18.3 Å². The molecule has 21 heavy (non-hydrogen) atoms. The second-order valence-electron chi connectivity index (χ2n) is 5.86. The van der Waals surface area contributed by atoms with Crippen LogP contribution in [0.25, 0.3) is 0 Å². The third-order valence-corrected chi connectivity index (χ3v) is 4.33. The first-order valence-corrected chi connectivity index (χ1v) is 7.61. The number of hydrogen-bond acceptors (Lipinski definition) is 3. The minimum atomic E-state index is -0.514. The van der Waals surface area contributed by atoms with E-state index in [2.05, 4.69) is 5.32 Å². The molecule has 1 aromatic carbocycles. The van der Waals surface area contributed by atoms with E-state index in [0.29, 0.717) is 31.2 Å². The summed E-state index contributed by atoms with van der Waals surface area (Å²) in [4.78, 5) is 0. The van der Waals surface area contributed by atoms with Crippen LogP contribution in [0.15, 0.2) is 18.2 Å². The van der Waals surface area contributed by atoms with Gasteiger partial charge in [0.15, 0.2) is 5.79 Å². The van der Waals surface area contributed by atoms with Gasteiger partial charge in [-0.15, -0.1) is 0 Å². The van der Waals surface area contributed by atoms with Crippen molar-refractivity contribution in [3.05, 3.63) is 35.4 Å². The molecule has 0 unspecified atom stereocenters. The van der Waals surface area contributed by atoms with E-state index >= 15 is 0 Å². The van der Waals surface area contributed by atoms with Crippen molar-refractivity contribution in [1.29, 1.82) is 0 Å². The van der Waals surface area contributed by atoms with Crippen LogP contribution >= 0.6 is 0 Å². The highest BCUT2D eigenvalue weighted by Gasteiger charge is 2.39. The number of ether oxygens (including phenoxy) is 2. The van der Waals surface area contributed by atoms with Crippen molar-refractivity contribution in [2.24, 2.45) is 0 Å². The molecule has 116 valence electrons. The number of benzene rings is 1. The van der Waals surface area contributed by atoms with E-state index in [1.54, 1.807) is 0 Å². The second-order valence-corrected chi connectivity index (χ2v) is 5.86. The van der Waals surface area contributed by atoms with E-state index in [4.69, 9.17) is 9.47 Å². The molecule has 0 atom stereocenters. The molecule has 3 rings (SSSR count). The molecule has 5 heteroatoms. The second kappa shape index (κ2) is 6.38. The Kier molecular flexibility index (Phi) is 4.52. The van der Waals surface area contributed by atoms with Crippen LogP contribution < -0.4 is 5.32 Å². The van der Waals surface area contributed by atoms with Crippen LogP contribution in [0.4, 0.5) is 8.78 Å². The third kappa shape index (κ3) is 3.78.